The molecule has 0 bridgehead atoms. The van der Waals surface area contributed by atoms with Crippen LogP contribution in [0.2, 0.25) is 0 Å². The second-order valence-corrected chi connectivity index (χ2v) is 10.5. The molecule has 3 N–H and O–H groups in total. The van der Waals surface area contributed by atoms with Crippen molar-refractivity contribution in [2.24, 2.45) is 5.41 Å². The highest BCUT2D eigenvalue weighted by Crippen LogP contribution is 2.35. The predicted octanol–water partition coefficient (Wildman–Crippen LogP) is 1.45. The zero-order chi connectivity index (χ0) is 22.4. The molecule has 0 atom stereocenters. The number of carbonyl (C=O) groups excluding carboxylic acids is 2. The largest absolute Gasteiger partial charge is 0.494 e. The molecule has 0 saturated carbocycles. The molecule has 30 heavy (non-hydrogen) atoms. The van der Waals surface area contributed by atoms with Gasteiger partial charge < -0.3 is 14.8 Å². The Kier molecular flexibility index (Phi) is 7.84. The zero-order valence-corrected chi connectivity index (χ0v) is 18.4. The molecule has 0 aromatic heterocycles. The first kappa shape index (κ1) is 24.1. The second kappa shape index (κ2) is 9.76. The quantitative estimate of drug-likeness (QED) is 0.315. The van der Waals surface area contributed by atoms with Crippen LogP contribution in [0, 0.1) is 5.41 Å². The monoisotopic (exact) mass is 442 g/mol. The van der Waals surface area contributed by atoms with Gasteiger partial charge in [0, 0.05) is 25.2 Å². The molecule has 1 aliphatic heterocycles. The average molecular weight is 443 g/mol. The van der Waals surface area contributed by atoms with Gasteiger partial charge in [-0.1, -0.05) is 20.8 Å². The van der Waals surface area contributed by atoms with Crippen LogP contribution in [-0.4, -0.2) is 56.6 Å². The van der Waals surface area contributed by atoms with E-state index >= 15 is 0 Å². The van der Waals surface area contributed by atoms with Crippen LogP contribution in [0.1, 0.15) is 40.0 Å². The van der Waals surface area contributed by atoms with E-state index in [-0.39, 0.29) is 36.9 Å². The molecule has 1 heterocycles. The molecule has 1 saturated heterocycles. The lowest BCUT2D eigenvalue weighted by molar-refractivity contribution is -0.134. The second-order valence-electron chi connectivity index (χ2n) is 8.23. The Balaban J connectivity index is 1.99. The fourth-order valence-corrected chi connectivity index (χ4v) is 5.03. The first-order valence-corrected chi connectivity index (χ1v) is 11.3. The van der Waals surface area contributed by atoms with E-state index in [4.69, 9.17) is 14.7 Å². The summed E-state index contributed by atoms with van der Waals surface area (Å²) in [4.78, 5) is 24.0. The summed E-state index contributed by atoms with van der Waals surface area (Å²) < 4.78 is 35.3. The summed E-state index contributed by atoms with van der Waals surface area (Å²) in [6.45, 7) is 6.56. The van der Waals surface area contributed by atoms with Crippen molar-refractivity contribution >= 4 is 21.7 Å². The van der Waals surface area contributed by atoms with Gasteiger partial charge in [0.1, 0.15) is 5.75 Å². The standard InChI is InChI=1S/C20H30N2O7S/c1-19(2,3)17(23)21-11-4-12-29-15-5-7-16(8-6-15)30(26,27)20(18(24)22-25)9-13-28-14-10-20/h5-8,25H,4,9-14H2,1-3H3,(H,21,23)(H,22,24). The normalized spacial score (nSPS) is 16.5. The molecule has 9 nitrogen and oxygen atoms in total. The maximum atomic E-state index is 13.2. The van der Waals surface area contributed by atoms with Gasteiger partial charge in [-0.25, -0.2) is 13.9 Å². The molecule has 168 valence electrons. The zero-order valence-electron chi connectivity index (χ0n) is 17.6. The van der Waals surface area contributed by atoms with E-state index < -0.39 is 25.9 Å². The smallest absolute Gasteiger partial charge is 0.265 e. The average Bonchev–Trinajstić information content (AvgIpc) is 2.72. The molecule has 1 aromatic carbocycles. The van der Waals surface area contributed by atoms with Gasteiger partial charge in [-0.05, 0) is 43.5 Å². The third kappa shape index (κ3) is 5.30. The minimum atomic E-state index is -4.06. The van der Waals surface area contributed by atoms with Gasteiger partial charge in [-0.2, -0.15) is 0 Å². The van der Waals surface area contributed by atoms with Gasteiger partial charge in [-0.15, -0.1) is 0 Å². The number of hydroxylamine groups is 1. The number of rotatable bonds is 8. The summed E-state index contributed by atoms with van der Waals surface area (Å²) >= 11 is 0. The maximum absolute atomic E-state index is 13.2. The highest BCUT2D eigenvalue weighted by molar-refractivity contribution is 7.93. The molecule has 2 rings (SSSR count). The summed E-state index contributed by atoms with van der Waals surface area (Å²) in [5, 5.41) is 11.9. The van der Waals surface area contributed by atoms with Crippen molar-refractivity contribution in [2.45, 2.75) is 49.7 Å². The van der Waals surface area contributed by atoms with Crippen molar-refractivity contribution < 1.29 is 32.7 Å². The van der Waals surface area contributed by atoms with Crippen molar-refractivity contribution in [1.82, 2.24) is 10.8 Å². The van der Waals surface area contributed by atoms with Gasteiger partial charge in [0.25, 0.3) is 5.91 Å². The number of sulfone groups is 1. The van der Waals surface area contributed by atoms with E-state index in [0.717, 1.165) is 0 Å². The van der Waals surface area contributed by atoms with E-state index in [1.807, 2.05) is 20.8 Å². The van der Waals surface area contributed by atoms with Crippen LogP contribution in [-0.2, 0) is 24.2 Å². The van der Waals surface area contributed by atoms with Crippen LogP contribution in [0.5, 0.6) is 5.75 Å². The van der Waals surface area contributed by atoms with Crippen molar-refractivity contribution in [2.75, 3.05) is 26.4 Å². The summed E-state index contributed by atoms with van der Waals surface area (Å²) in [7, 11) is -4.06. The SMILES string of the molecule is CC(C)(C)C(=O)NCCCOc1ccc(S(=O)(=O)C2(C(=O)NO)CCOCC2)cc1. The van der Waals surface area contributed by atoms with Gasteiger partial charge in [-0.3, -0.25) is 14.8 Å². The van der Waals surface area contributed by atoms with Crippen molar-refractivity contribution in [3.63, 3.8) is 0 Å². The maximum Gasteiger partial charge on any atom is 0.265 e. The summed E-state index contributed by atoms with van der Waals surface area (Å²) in [5.74, 6) is -0.516. The molecule has 0 radical (unpaired) electrons. The van der Waals surface area contributed by atoms with E-state index in [1.165, 1.54) is 29.7 Å². The lowest BCUT2D eigenvalue weighted by Crippen LogP contribution is -2.54. The minimum absolute atomic E-state index is 0.0298. The molecule has 1 aromatic rings. The Bertz CT molecular complexity index is 839. The Morgan fingerprint density at radius 1 is 1.17 bits per heavy atom. The van der Waals surface area contributed by atoms with Gasteiger partial charge in [0.15, 0.2) is 14.6 Å². The Hall–Kier alpha value is -2.17. The molecular weight excluding hydrogens is 412 g/mol. The van der Waals surface area contributed by atoms with Gasteiger partial charge >= 0.3 is 0 Å². The summed E-state index contributed by atoms with van der Waals surface area (Å²) in [6, 6.07) is 5.80. The fourth-order valence-electron chi connectivity index (χ4n) is 3.09. The fraction of sp³-hybridized carbons (Fsp3) is 0.600. The Morgan fingerprint density at radius 3 is 2.30 bits per heavy atom. The van der Waals surface area contributed by atoms with E-state index in [2.05, 4.69) is 5.32 Å². The van der Waals surface area contributed by atoms with E-state index in [0.29, 0.717) is 25.3 Å². The summed E-state index contributed by atoms with van der Waals surface area (Å²) in [6.07, 6.45) is 0.516. The first-order chi connectivity index (χ1) is 14.0. The minimum Gasteiger partial charge on any atom is -0.494 e. The molecular formula is C20H30N2O7S. The van der Waals surface area contributed by atoms with E-state index in [1.54, 1.807) is 0 Å². The van der Waals surface area contributed by atoms with Crippen LogP contribution in [0.4, 0.5) is 0 Å². The van der Waals surface area contributed by atoms with Crippen LogP contribution in [0.25, 0.3) is 0 Å². The summed E-state index contributed by atoms with van der Waals surface area (Å²) in [5.41, 5.74) is 1.04. The van der Waals surface area contributed by atoms with Crippen LogP contribution in [0.15, 0.2) is 29.2 Å². The van der Waals surface area contributed by atoms with Crippen LogP contribution >= 0.6 is 0 Å². The molecule has 10 heteroatoms. The van der Waals surface area contributed by atoms with Crippen LogP contribution in [0.3, 0.4) is 0 Å². The predicted molar refractivity (Wildman–Crippen MR) is 109 cm³/mol. The molecule has 1 fully saturated rings. The number of hydrogen-bond acceptors (Lipinski definition) is 7. The number of amides is 2. The molecule has 0 aliphatic carbocycles. The Morgan fingerprint density at radius 2 is 1.77 bits per heavy atom. The highest BCUT2D eigenvalue weighted by atomic mass is 32.2. The number of ether oxygens (including phenoxy) is 2. The van der Waals surface area contributed by atoms with Gasteiger partial charge in [0.05, 0.1) is 11.5 Å². The Labute approximate surface area is 177 Å². The third-order valence-electron chi connectivity index (χ3n) is 5.02. The number of nitrogens with one attached hydrogen (secondary N) is 2. The lowest BCUT2D eigenvalue weighted by atomic mass is 9.96. The first-order valence-electron chi connectivity index (χ1n) is 9.83. The van der Waals surface area contributed by atoms with Crippen LogP contribution < -0.4 is 15.5 Å². The number of hydrogen-bond donors (Lipinski definition) is 3. The molecule has 2 amide bonds. The third-order valence-corrected chi connectivity index (χ3v) is 7.54. The topological polar surface area (TPSA) is 131 Å². The number of benzene rings is 1. The molecule has 1 aliphatic rings. The van der Waals surface area contributed by atoms with E-state index in [9.17, 15) is 18.0 Å². The highest BCUT2D eigenvalue weighted by Gasteiger charge is 2.52. The van der Waals surface area contributed by atoms with Crippen molar-refractivity contribution in [3.8, 4) is 5.75 Å². The lowest BCUT2D eigenvalue weighted by Gasteiger charge is -2.34. The van der Waals surface area contributed by atoms with Gasteiger partial charge in [0.2, 0.25) is 5.91 Å². The molecule has 0 unspecified atom stereocenters. The van der Waals surface area contributed by atoms with Crippen molar-refractivity contribution in [1.29, 1.82) is 0 Å². The van der Waals surface area contributed by atoms with Crippen molar-refractivity contribution in [3.05, 3.63) is 24.3 Å². The molecule has 0 spiro atoms. The number of carbonyl (C=O) groups is 2.